The van der Waals surface area contributed by atoms with Crippen LogP contribution in [-0.4, -0.2) is 18.0 Å². The number of para-hydroxylation sites is 2. The first kappa shape index (κ1) is 20.8. The third kappa shape index (κ3) is 6.91. The molecule has 0 aromatic heterocycles. The monoisotopic (exact) mass is 401 g/mol. The van der Waals surface area contributed by atoms with Gasteiger partial charge >= 0.3 is 0 Å². The lowest BCUT2D eigenvalue weighted by atomic mass is 10.2. The van der Waals surface area contributed by atoms with Gasteiger partial charge in [0.2, 0.25) is 11.8 Å². The number of carbonyl (C=O) groups is 2. The molecule has 0 unspecified atom stereocenters. The lowest BCUT2D eigenvalue weighted by Crippen LogP contribution is -2.20. The molecule has 3 rings (SSSR count). The van der Waals surface area contributed by atoms with Gasteiger partial charge < -0.3 is 10.1 Å². The minimum absolute atomic E-state index is 0.0438. The summed E-state index contributed by atoms with van der Waals surface area (Å²) < 4.78 is 5.86. The molecule has 0 atom stereocenters. The molecule has 0 saturated heterocycles. The van der Waals surface area contributed by atoms with Crippen LogP contribution in [0.3, 0.4) is 0 Å². The number of amides is 2. The van der Waals surface area contributed by atoms with Crippen LogP contribution in [0.5, 0.6) is 5.75 Å². The van der Waals surface area contributed by atoms with Gasteiger partial charge in [-0.25, -0.2) is 5.43 Å². The normalized spacial score (nSPS) is 10.5. The maximum Gasteiger partial charge on any atom is 0.240 e. The third-order valence-electron chi connectivity index (χ3n) is 4.19. The van der Waals surface area contributed by atoms with Crippen molar-refractivity contribution in [3.8, 4) is 5.75 Å². The first-order chi connectivity index (χ1) is 14.7. The fraction of sp³-hybridized carbons (Fsp3) is 0.125. The zero-order valence-corrected chi connectivity index (χ0v) is 16.5. The average molecular weight is 401 g/mol. The summed E-state index contributed by atoms with van der Waals surface area (Å²) in [5.41, 5.74) is 4.96. The molecule has 30 heavy (non-hydrogen) atoms. The number of hydrogen-bond donors (Lipinski definition) is 2. The van der Waals surface area contributed by atoms with Crippen LogP contribution in [-0.2, 0) is 16.2 Å². The molecular formula is C24H23N3O3. The Kier molecular flexibility index (Phi) is 7.74. The van der Waals surface area contributed by atoms with E-state index in [4.69, 9.17) is 4.74 Å². The SMILES string of the molecule is O=C(CCC(=O)Nc1ccccc1)NN=Cc1ccccc1OCc1ccccc1. The molecule has 6 heteroatoms. The van der Waals surface area contributed by atoms with Crippen molar-refractivity contribution in [3.63, 3.8) is 0 Å². The Morgan fingerprint density at radius 2 is 1.43 bits per heavy atom. The number of nitrogens with zero attached hydrogens (tertiary/aromatic N) is 1. The summed E-state index contributed by atoms with van der Waals surface area (Å²) in [7, 11) is 0. The predicted molar refractivity (Wildman–Crippen MR) is 117 cm³/mol. The Bertz CT molecular complexity index is 989. The van der Waals surface area contributed by atoms with E-state index < -0.39 is 0 Å². The summed E-state index contributed by atoms with van der Waals surface area (Å²) in [6.07, 6.45) is 1.65. The summed E-state index contributed by atoms with van der Waals surface area (Å²) >= 11 is 0. The summed E-state index contributed by atoms with van der Waals surface area (Å²) in [4.78, 5) is 23.8. The molecule has 0 aliphatic heterocycles. The van der Waals surface area contributed by atoms with Gasteiger partial charge in [-0.15, -0.1) is 0 Å². The minimum Gasteiger partial charge on any atom is -0.488 e. The van der Waals surface area contributed by atoms with E-state index in [-0.39, 0.29) is 24.7 Å². The topological polar surface area (TPSA) is 79.8 Å². The van der Waals surface area contributed by atoms with E-state index in [1.54, 1.807) is 12.1 Å². The first-order valence-electron chi connectivity index (χ1n) is 9.63. The smallest absolute Gasteiger partial charge is 0.240 e. The number of benzene rings is 3. The highest BCUT2D eigenvalue weighted by Crippen LogP contribution is 2.17. The van der Waals surface area contributed by atoms with Crippen LogP contribution in [0.4, 0.5) is 5.69 Å². The Morgan fingerprint density at radius 1 is 0.800 bits per heavy atom. The Balaban J connectivity index is 1.45. The number of rotatable bonds is 9. The van der Waals surface area contributed by atoms with Crippen LogP contribution >= 0.6 is 0 Å². The number of anilines is 1. The van der Waals surface area contributed by atoms with Crippen molar-refractivity contribution in [1.82, 2.24) is 5.43 Å². The zero-order chi connectivity index (χ0) is 21.0. The van der Waals surface area contributed by atoms with Crippen molar-refractivity contribution < 1.29 is 14.3 Å². The first-order valence-corrected chi connectivity index (χ1v) is 9.63. The lowest BCUT2D eigenvalue weighted by Gasteiger charge is -2.09. The van der Waals surface area contributed by atoms with E-state index in [0.29, 0.717) is 18.0 Å². The Hall–Kier alpha value is -3.93. The minimum atomic E-state index is -0.336. The molecule has 0 spiro atoms. The van der Waals surface area contributed by atoms with Crippen LogP contribution in [0.1, 0.15) is 24.0 Å². The van der Waals surface area contributed by atoms with Gasteiger partial charge in [-0.3, -0.25) is 9.59 Å². The van der Waals surface area contributed by atoms with Crippen molar-refractivity contribution >= 4 is 23.7 Å². The molecule has 0 bridgehead atoms. The van der Waals surface area contributed by atoms with Crippen LogP contribution in [0.15, 0.2) is 90.0 Å². The highest BCUT2D eigenvalue weighted by molar-refractivity contribution is 5.93. The molecule has 3 aromatic carbocycles. The van der Waals surface area contributed by atoms with Gasteiger partial charge in [0.15, 0.2) is 0 Å². The highest BCUT2D eigenvalue weighted by atomic mass is 16.5. The van der Waals surface area contributed by atoms with Crippen molar-refractivity contribution in [1.29, 1.82) is 0 Å². The number of nitrogens with one attached hydrogen (secondary N) is 2. The molecule has 3 aromatic rings. The van der Waals surface area contributed by atoms with E-state index in [1.165, 1.54) is 6.21 Å². The third-order valence-corrected chi connectivity index (χ3v) is 4.19. The van der Waals surface area contributed by atoms with Crippen molar-refractivity contribution in [2.75, 3.05) is 5.32 Å². The largest absolute Gasteiger partial charge is 0.488 e. The number of hydrogen-bond acceptors (Lipinski definition) is 4. The number of carbonyl (C=O) groups excluding carboxylic acids is 2. The Morgan fingerprint density at radius 3 is 2.20 bits per heavy atom. The maximum atomic E-state index is 11.9. The fourth-order valence-corrected chi connectivity index (χ4v) is 2.66. The maximum absolute atomic E-state index is 11.9. The standard InChI is InChI=1S/C24H23N3O3/c28-23(26-21-12-5-2-6-13-21)15-16-24(29)27-25-17-20-11-7-8-14-22(20)30-18-19-9-3-1-4-10-19/h1-14,17H,15-16,18H2,(H,26,28)(H,27,29). The molecule has 0 saturated carbocycles. The molecule has 2 N–H and O–H groups in total. The molecule has 0 heterocycles. The number of hydrazone groups is 1. The van der Waals surface area contributed by atoms with Crippen LogP contribution < -0.4 is 15.5 Å². The molecule has 0 fully saturated rings. The second kappa shape index (κ2) is 11.2. The van der Waals surface area contributed by atoms with Crippen LogP contribution in [0, 0.1) is 0 Å². The Labute approximate surface area is 175 Å². The fourth-order valence-electron chi connectivity index (χ4n) is 2.66. The molecule has 152 valence electrons. The van der Waals surface area contributed by atoms with Gasteiger partial charge in [-0.1, -0.05) is 60.7 Å². The van der Waals surface area contributed by atoms with Gasteiger partial charge in [-0.2, -0.15) is 5.10 Å². The molecular weight excluding hydrogens is 378 g/mol. The highest BCUT2D eigenvalue weighted by Gasteiger charge is 2.07. The summed E-state index contributed by atoms with van der Waals surface area (Å²) in [6, 6.07) is 26.4. The van der Waals surface area contributed by atoms with Gasteiger partial charge in [0.1, 0.15) is 12.4 Å². The lowest BCUT2D eigenvalue weighted by molar-refractivity contribution is -0.124. The van der Waals surface area contributed by atoms with Gasteiger partial charge in [0, 0.05) is 24.1 Å². The van der Waals surface area contributed by atoms with E-state index in [1.807, 2.05) is 72.8 Å². The predicted octanol–water partition coefficient (Wildman–Crippen LogP) is 4.13. The van der Waals surface area contributed by atoms with Crippen molar-refractivity contribution in [3.05, 3.63) is 96.1 Å². The van der Waals surface area contributed by atoms with Crippen molar-refractivity contribution in [2.45, 2.75) is 19.4 Å². The van der Waals surface area contributed by atoms with Gasteiger partial charge in [0.05, 0.1) is 6.21 Å². The molecule has 0 aliphatic carbocycles. The second-order valence-electron chi connectivity index (χ2n) is 6.52. The van der Waals surface area contributed by atoms with Crippen molar-refractivity contribution in [2.24, 2.45) is 5.10 Å². The second-order valence-corrected chi connectivity index (χ2v) is 6.52. The molecule has 6 nitrogen and oxygen atoms in total. The van der Waals surface area contributed by atoms with E-state index in [0.717, 1.165) is 11.1 Å². The molecule has 0 aliphatic rings. The summed E-state index contributed by atoms with van der Waals surface area (Å²) in [5, 5.41) is 6.72. The van der Waals surface area contributed by atoms with Gasteiger partial charge in [-0.05, 0) is 29.8 Å². The van der Waals surface area contributed by atoms with Gasteiger partial charge in [0.25, 0.3) is 0 Å². The van der Waals surface area contributed by atoms with Crippen LogP contribution in [0.25, 0.3) is 0 Å². The molecule has 2 amide bonds. The quantitative estimate of drug-likeness (QED) is 0.418. The van der Waals surface area contributed by atoms with Crippen LogP contribution in [0.2, 0.25) is 0 Å². The average Bonchev–Trinajstić information content (AvgIpc) is 2.78. The summed E-state index contributed by atoms with van der Waals surface area (Å²) in [6.45, 7) is 0.439. The summed E-state index contributed by atoms with van der Waals surface area (Å²) in [5.74, 6) is 0.110. The van der Waals surface area contributed by atoms with E-state index in [2.05, 4.69) is 15.8 Å². The number of ether oxygens (including phenoxy) is 1. The van der Waals surface area contributed by atoms with E-state index >= 15 is 0 Å². The molecule has 0 radical (unpaired) electrons. The zero-order valence-electron chi connectivity index (χ0n) is 16.5. The van der Waals surface area contributed by atoms with E-state index in [9.17, 15) is 9.59 Å².